The lowest BCUT2D eigenvalue weighted by Gasteiger charge is -2.13. The summed E-state index contributed by atoms with van der Waals surface area (Å²) in [6.07, 6.45) is 3.36. The number of hydrogen-bond acceptors (Lipinski definition) is 4. The monoisotopic (exact) mass is 334 g/mol. The van der Waals surface area contributed by atoms with Crippen molar-refractivity contribution in [3.8, 4) is 0 Å². The molecule has 1 aromatic heterocycles. The molecule has 0 atom stereocenters. The van der Waals surface area contributed by atoms with Gasteiger partial charge in [0, 0.05) is 15.7 Å². The Kier molecular flexibility index (Phi) is 4.60. The number of benzene rings is 1. The number of halogens is 1. The normalized spacial score (nSPS) is 10.6. The van der Waals surface area contributed by atoms with Crippen molar-refractivity contribution >= 4 is 33.3 Å². The first-order chi connectivity index (χ1) is 9.52. The molecule has 0 aliphatic rings. The van der Waals surface area contributed by atoms with Crippen LogP contribution in [-0.4, -0.2) is 9.97 Å². The third-order valence-electron chi connectivity index (χ3n) is 3.18. The molecule has 0 aliphatic carbocycles. The van der Waals surface area contributed by atoms with Gasteiger partial charge in [0.25, 0.3) is 0 Å². The zero-order chi connectivity index (χ0) is 14.7. The molecule has 3 N–H and O–H groups in total. The highest BCUT2D eigenvalue weighted by molar-refractivity contribution is 9.10. The molecule has 2 rings (SSSR count). The Labute approximate surface area is 128 Å². The van der Waals surface area contributed by atoms with Crippen LogP contribution >= 0.6 is 15.9 Å². The Morgan fingerprint density at radius 3 is 2.45 bits per heavy atom. The van der Waals surface area contributed by atoms with Crippen molar-refractivity contribution < 1.29 is 0 Å². The average Bonchev–Trinajstić information content (AvgIpc) is 2.40. The van der Waals surface area contributed by atoms with Crippen molar-refractivity contribution in [3.05, 3.63) is 39.6 Å². The molecule has 0 fully saturated rings. The van der Waals surface area contributed by atoms with Gasteiger partial charge in [0.2, 0.25) is 0 Å². The van der Waals surface area contributed by atoms with Crippen LogP contribution in [0.1, 0.15) is 30.0 Å². The Hall–Kier alpha value is -1.62. The minimum absolute atomic E-state index is 0.551. The lowest BCUT2D eigenvalue weighted by atomic mass is 10.1. The van der Waals surface area contributed by atoms with E-state index in [4.69, 9.17) is 5.73 Å². The minimum atomic E-state index is 0.551. The van der Waals surface area contributed by atoms with E-state index in [1.807, 2.05) is 0 Å². The second kappa shape index (κ2) is 6.22. The summed E-state index contributed by atoms with van der Waals surface area (Å²) in [6, 6.07) is 4.18. The van der Waals surface area contributed by atoms with Gasteiger partial charge in [0.05, 0.1) is 0 Å². The molecule has 1 aromatic carbocycles. The Morgan fingerprint density at radius 2 is 1.85 bits per heavy atom. The molecule has 0 amide bonds. The van der Waals surface area contributed by atoms with Crippen LogP contribution < -0.4 is 11.1 Å². The number of nitrogens with one attached hydrogen (secondary N) is 1. The molecule has 4 nitrogen and oxygen atoms in total. The standard InChI is InChI=1S/C15H19BrN4/c1-4-5-12-14(17)18-8-19-15(12)20-11-6-9(2)13(16)10(3)7-11/h6-8H,4-5H2,1-3H3,(H3,17,18,19,20). The third-order valence-corrected chi connectivity index (χ3v) is 4.43. The number of hydrogen-bond donors (Lipinski definition) is 2. The van der Waals surface area contributed by atoms with Crippen LogP contribution in [0.15, 0.2) is 22.9 Å². The van der Waals surface area contributed by atoms with Crippen molar-refractivity contribution in [2.75, 3.05) is 11.1 Å². The maximum Gasteiger partial charge on any atom is 0.139 e. The van der Waals surface area contributed by atoms with Gasteiger partial charge in [-0.3, -0.25) is 0 Å². The van der Waals surface area contributed by atoms with E-state index in [9.17, 15) is 0 Å². The molecule has 2 aromatic rings. The van der Waals surface area contributed by atoms with E-state index in [0.29, 0.717) is 5.82 Å². The third kappa shape index (κ3) is 3.10. The molecule has 0 saturated heterocycles. The first-order valence-electron chi connectivity index (χ1n) is 6.66. The number of nitrogens with zero attached hydrogens (tertiary/aromatic N) is 2. The van der Waals surface area contributed by atoms with Crippen molar-refractivity contribution in [1.29, 1.82) is 0 Å². The lowest BCUT2D eigenvalue weighted by Crippen LogP contribution is -2.05. The van der Waals surface area contributed by atoms with Crippen LogP contribution in [0.25, 0.3) is 0 Å². The molecule has 0 aliphatic heterocycles. The van der Waals surface area contributed by atoms with Gasteiger partial charge in [0.1, 0.15) is 18.0 Å². The second-order valence-corrected chi connectivity index (χ2v) is 5.68. The van der Waals surface area contributed by atoms with Crippen LogP contribution in [0.2, 0.25) is 0 Å². The Balaban J connectivity index is 2.37. The fraction of sp³-hybridized carbons (Fsp3) is 0.333. The van der Waals surface area contributed by atoms with Gasteiger partial charge in [-0.25, -0.2) is 9.97 Å². The summed E-state index contributed by atoms with van der Waals surface area (Å²) < 4.78 is 1.14. The highest BCUT2D eigenvalue weighted by Gasteiger charge is 2.10. The molecule has 0 radical (unpaired) electrons. The number of anilines is 3. The van der Waals surface area contributed by atoms with E-state index < -0.39 is 0 Å². The van der Waals surface area contributed by atoms with Crippen LogP contribution in [0, 0.1) is 13.8 Å². The summed E-state index contributed by atoms with van der Waals surface area (Å²) in [5.41, 5.74) is 10.3. The van der Waals surface area contributed by atoms with Gasteiger partial charge in [-0.2, -0.15) is 0 Å². The van der Waals surface area contributed by atoms with Gasteiger partial charge in [-0.15, -0.1) is 0 Å². The Morgan fingerprint density at radius 1 is 1.20 bits per heavy atom. The van der Waals surface area contributed by atoms with Crippen LogP contribution in [-0.2, 0) is 6.42 Å². The van der Waals surface area contributed by atoms with Gasteiger partial charge < -0.3 is 11.1 Å². The molecule has 0 bridgehead atoms. The summed E-state index contributed by atoms with van der Waals surface area (Å²) >= 11 is 3.58. The van der Waals surface area contributed by atoms with E-state index in [0.717, 1.165) is 34.4 Å². The fourth-order valence-corrected chi connectivity index (χ4v) is 2.41. The van der Waals surface area contributed by atoms with Gasteiger partial charge in [0.15, 0.2) is 0 Å². The predicted octanol–water partition coefficient (Wildman–Crippen LogP) is 4.13. The van der Waals surface area contributed by atoms with Crippen LogP contribution in [0.4, 0.5) is 17.3 Å². The van der Waals surface area contributed by atoms with E-state index in [2.05, 4.69) is 64.1 Å². The quantitative estimate of drug-likeness (QED) is 0.882. The van der Waals surface area contributed by atoms with E-state index in [1.54, 1.807) is 0 Å². The molecule has 5 heteroatoms. The molecule has 1 heterocycles. The average molecular weight is 335 g/mol. The van der Waals surface area contributed by atoms with Crippen molar-refractivity contribution in [1.82, 2.24) is 9.97 Å². The second-order valence-electron chi connectivity index (χ2n) is 4.89. The van der Waals surface area contributed by atoms with Crippen molar-refractivity contribution in [2.24, 2.45) is 0 Å². The lowest BCUT2D eigenvalue weighted by molar-refractivity contribution is 0.908. The number of nitrogens with two attached hydrogens (primary N) is 1. The molecular weight excluding hydrogens is 316 g/mol. The summed E-state index contributed by atoms with van der Waals surface area (Å²) in [5.74, 6) is 1.34. The molecule has 0 unspecified atom stereocenters. The Bertz CT molecular complexity index is 602. The SMILES string of the molecule is CCCc1c(N)ncnc1Nc1cc(C)c(Br)c(C)c1. The zero-order valence-corrected chi connectivity index (χ0v) is 13.6. The van der Waals surface area contributed by atoms with E-state index in [1.165, 1.54) is 17.5 Å². The number of rotatable bonds is 4. The summed E-state index contributed by atoms with van der Waals surface area (Å²) in [4.78, 5) is 8.39. The maximum atomic E-state index is 5.95. The zero-order valence-electron chi connectivity index (χ0n) is 12.0. The number of aryl methyl sites for hydroxylation is 2. The maximum absolute atomic E-state index is 5.95. The largest absolute Gasteiger partial charge is 0.383 e. The summed E-state index contributed by atoms with van der Waals surface area (Å²) in [6.45, 7) is 6.26. The van der Waals surface area contributed by atoms with E-state index in [-0.39, 0.29) is 0 Å². The smallest absolute Gasteiger partial charge is 0.139 e. The summed E-state index contributed by atoms with van der Waals surface area (Å²) in [5, 5.41) is 3.36. The molecule has 106 valence electrons. The topological polar surface area (TPSA) is 63.8 Å². The minimum Gasteiger partial charge on any atom is -0.383 e. The van der Waals surface area contributed by atoms with Crippen molar-refractivity contribution in [2.45, 2.75) is 33.6 Å². The highest BCUT2D eigenvalue weighted by Crippen LogP contribution is 2.28. The predicted molar refractivity (Wildman–Crippen MR) is 87.3 cm³/mol. The number of aromatic nitrogens is 2. The van der Waals surface area contributed by atoms with Gasteiger partial charge >= 0.3 is 0 Å². The number of nitrogen functional groups attached to an aromatic ring is 1. The molecule has 20 heavy (non-hydrogen) atoms. The van der Waals surface area contributed by atoms with E-state index >= 15 is 0 Å². The first kappa shape index (κ1) is 14.8. The molecule has 0 saturated carbocycles. The fourth-order valence-electron chi connectivity index (χ4n) is 2.18. The molecule has 0 spiro atoms. The van der Waals surface area contributed by atoms with Gasteiger partial charge in [-0.1, -0.05) is 29.3 Å². The highest BCUT2D eigenvalue weighted by atomic mass is 79.9. The first-order valence-corrected chi connectivity index (χ1v) is 7.45. The molecular formula is C15H19BrN4. The van der Waals surface area contributed by atoms with Crippen LogP contribution in [0.5, 0.6) is 0 Å². The van der Waals surface area contributed by atoms with Crippen LogP contribution in [0.3, 0.4) is 0 Å². The van der Waals surface area contributed by atoms with Gasteiger partial charge in [-0.05, 0) is 43.5 Å². The summed E-state index contributed by atoms with van der Waals surface area (Å²) in [7, 11) is 0. The van der Waals surface area contributed by atoms with Crippen molar-refractivity contribution in [3.63, 3.8) is 0 Å².